The summed E-state index contributed by atoms with van der Waals surface area (Å²) in [5.41, 5.74) is -0.199. The number of nitrogens with two attached hydrogens (primary N) is 1. The number of hydrogen-bond acceptors (Lipinski definition) is 6. The molecule has 0 bridgehead atoms. The minimum absolute atomic E-state index is 0.0267. The Labute approximate surface area is 192 Å². The van der Waals surface area contributed by atoms with E-state index in [1.165, 1.54) is 12.1 Å². The lowest BCUT2D eigenvalue weighted by atomic mass is 10.0. The lowest BCUT2D eigenvalue weighted by Crippen LogP contribution is -2.39. The summed E-state index contributed by atoms with van der Waals surface area (Å²) in [5.74, 6) is 2.69. The van der Waals surface area contributed by atoms with E-state index in [-0.39, 0.29) is 29.4 Å². The number of aliphatic hydroxyl groups is 1. The van der Waals surface area contributed by atoms with Crippen LogP contribution in [0, 0.1) is 11.6 Å². The Balaban J connectivity index is 2.52. The molecule has 0 aliphatic carbocycles. The molecule has 0 aromatic heterocycles. The van der Waals surface area contributed by atoms with Crippen molar-refractivity contribution in [3.8, 4) is 0 Å². The van der Waals surface area contributed by atoms with E-state index in [9.17, 15) is 27.1 Å². The Hall–Kier alpha value is -2.82. The molecule has 2 aromatic rings. The molecule has 0 radical (unpaired) electrons. The monoisotopic (exact) mass is 482 g/mol. The van der Waals surface area contributed by atoms with Gasteiger partial charge in [0.05, 0.1) is 22.8 Å². The highest BCUT2D eigenvalue weighted by atomic mass is 32.2. The van der Waals surface area contributed by atoms with Crippen LogP contribution in [0.15, 0.2) is 53.1 Å². The van der Waals surface area contributed by atoms with Gasteiger partial charge in [0.2, 0.25) is 0 Å². The lowest BCUT2D eigenvalue weighted by Gasteiger charge is -2.23. The molecule has 10 heteroatoms. The zero-order valence-electron chi connectivity index (χ0n) is 18.9. The van der Waals surface area contributed by atoms with Crippen LogP contribution in [0.3, 0.4) is 0 Å². The fourth-order valence-electron chi connectivity index (χ4n) is 2.94. The molecule has 0 aliphatic rings. The number of carbonyl (C=O) groups excluding carboxylic acids is 1. The van der Waals surface area contributed by atoms with Crippen molar-refractivity contribution in [3.63, 3.8) is 0 Å². The Morgan fingerprint density at radius 1 is 1.12 bits per heavy atom. The number of ether oxygens (including phenoxy) is 1. The van der Waals surface area contributed by atoms with Crippen molar-refractivity contribution < 1.29 is 31.8 Å². The molecule has 3 N–H and O–H groups in total. The maximum absolute atomic E-state index is 13.7. The van der Waals surface area contributed by atoms with Gasteiger partial charge in [-0.15, -0.1) is 0 Å². The fraction of sp³-hybridized carbons (Fsp3) is 0.348. The SMILES string of the molecule is CC/C(=C(/OCCC(C)(C)O)C(=O)N(N)c1ccc(F)c(F)c1)c1ccc(S(C)(=O)=O)cc1. The minimum Gasteiger partial charge on any atom is -0.487 e. The molecule has 0 unspecified atom stereocenters. The number of hydrazine groups is 1. The molecule has 2 rings (SSSR count). The van der Waals surface area contributed by atoms with Gasteiger partial charge in [0, 0.05) is 24.3 Å². The average molecular weight is 483 g/mol. The maximum Gasteiger partial charge on any atom is 0.307 e. The molecule has 0 atom stereocenters. The molecule has 7 nitrogen and oxygen atoms in total. The predicted octanol–water partition coefficient (Wildman–Crippen LogP) is 3.57. The average Bonchev–Trinajstić information content (AvgIpc) is 2.73. The zero-order valence-corrected chi connectivity index (χ0v) is 19.7. The van der Waals surface area contributed by atoms with E-state index in [1.54, 1.807) is 32.9 Å². The van der Waals surface area contributed by atoms with Crippen LogP contribution in [-0.4, -0.2) is 37.9 Å². The summed E-state index contributed by atoms with van der Waals surface area (Å²) in [5, 5.41) is 10.6. The summed E-state index contributed by atoms with van der Waals surface area (Å²) >= 11 is 0. The number of carbonyl (C=O) groups is 1. The Bertz CT molecular complexity index is 1140. The number of rotatable bonds is 9. The van der Waals surface area contributed by atoms with E-state index >= 15 is 0 Å². The summed E-state index contributed by atoms with van der Waals surface area (Å²) in [6, 6.07) is 8.69. The van der Waals surface area contributed by atoms with Crippen LogP contribution >= 0.6 is 0 Å². The molecule has 0 heterocycles. The first-order valence-corrected chi connectivity index (χ1v) is 12.1. The van der Waals surface area contributed by atoms with Crippen LogP contribution in [-0.2, 0) is 19.4 Å². The molecule has 0 aliphatic heterocycles. The molecule has 0 spiro atoms. The third-order valence-corrected chi connectivity index (χ3v) is 5.94. The molecule has 0 saturated carbocycles. The number of hydrogen-bond donors (Lipinski definition) is 2. The van der Waals surface area contributed by atoms with Gasteiger partial charge in [-0.05, 0) is 50.1 Å². The maximum atomic E-state index is 13.7. The van der Waals surface area contributed by atoms with E-state index in [0.29, 0.717) is 22.6 Å². The van der Waals surface area contributed by atoms with Crippen molar-refractivity contribution >= 4 is 27.0 Å². The largest absolute Gasteiger partial charge is 0.487 e. The first kappa shape index (κ1) is 26.4. The van der Waals surface area contributed by atoms with Crippen molar-refractivity contribution in [2.45, 2.75) is 44.1 Å². The Morgan fingerprint density at radius 3 is 2.21 bits per heavy atom. The Kier molecular flexibility index (Phi) is 8.34. The quantitative estimate of drug-likeness (QED) is 0.186. The van der Waals surface area contributed by atoms with Crippen molar-refractivity contribution in [1.29, 1.82) is 0 Å². The van der Waals surface area contributed by atoms with Crippen LogP contribution in [0.4, 0.5) is 14.5 Å². The van der Waals surface area contributed by atoms with Crippen LogP contribution in [0.25, 0.3) is 5.57 Å². The van der Waals surface area contributed by atoms with Gasteiger partial charge in [0.1, 0.15) is 0 Å². The van der Waals surface area contributed by atoms with Gasteiger partial charge in [-0.2, -0.15) is 0 Å². The topological polar surface area (TPSA) is 110 Å². The first-order valence-electron chi connectivity index (χ1n) is 10.2. The smallest absolute Gasteiger partial charge is 0.307 e. The number of nitrogens with zero attached hydrogens (tertiary/aromatic N) is 1. The third-order valence-electron chi connectivity index (χ3n) is 4.81. The molecular weight excluding hydrogens is 454 g/mol. The van der Waals surface area contributed by atoms with Crippen LogP contribution in [0.1, 0.15) is 39.2 Å². The molecular formula is C23H28F2N2O5S. The van der Waals surface area contributed by atoms with Crippen LogP contribution in [0.5, 0.6) is 0 Å². The number of allylic oxidation sites excluding steroid dienone is 1. The van der Waals surface area contributed by atoms with Gasteiger partial charge in [-0.1, -0.05) is 19.1 Å². The second kappa shape index (κ2) is 10.4. The van der Waals surface area contributed by atoms with Crippen molar-refractivity contribution in [2.75, 3.05) is 17.9 Å². The number of amides is 1. The summed E-state index contributed by atoms with van der Waals surface area (Å²) in [6.45, 7) is 4.91. The first-order chi connectivity index (χ1) is 15.2. The van der Waals surface area contributed by atoms with Crippen LogP contribution in [0.2, 0.25) is 0 Å². The molecule has 180 valence electrons. The zero-order chi connectivity index (χ0) is 25.0. The van der Waals surface area contributed by atoms with Crippen molar-refractivity contribution in [1.82, 2.24) is 0 Å². The van der Waals surface area contributed by atoms with Gasteiger partial charge in [-0.3, -0.25) is 4.79 Å². The van der Waals surface area contributed by atoms with E-state index in [4.69, 9.17) is 10.6 Å². The number of halogens is 2. The molecule has 2 aromatic carbocycles. The summed E-state index contributed by atoms with van der Waals surface area (Å²) in [4.78, 5) is 13.3. The van der Waals surface area contributed by atoms with Crippen molar-refractivity contribution in [2.24, 2.45) is 5.84 Å². The van der Waals surface area contributed by atoms with Crippen LogP contribution < -0.4 is 10.9 Å². The standard InChI is InChI=1S/C23H28F2N2O5S/c1-5-18(15-6-9-17(10-7-15)33(4,30)31)21(32-13-12-23(2,3)29)22(28)27(26)16-8-11-19(24)20(25)14-16/h6-11,14,29H,5,12-13,26H2,1-4H3/b21-18-. The second-order valence-electron chi connectivity index (χ2n) is 8.14. The summed E-state index contributed by atoms with van der Waals surface area (Å²) in [6.07, 6.45) is 1.60. The summed E-state index contributed by atoms with van der Waals surface area (Å²) in [7, 11) is -3.41. The molecule has 1 amide bonds. The van der Waals surface area contributed by atoms with E-state index in [0.717, 1.165) is 24.5 Å². The van der Waals surface area contributed by atoms with E-state index in [1.807, 2.05) is 0 Å². The highest BCUT2D eigenvalue weighted by molar-refractivity contribution is 7.90. The highest BCUT2D eigenvalue weighted by Crippen LogP contribution is 2.27. The molecule has 0 saturated heterocycles. The highest BCUT2D eigenvalue weighted by Gasteiger charge is 2.25. The third kappa shape index (κ3) is 7.08. The molecule has 0 fully saturated rings. The van der Waals surface area contributed by atoms with E-state index in [2.05, 4.69) is 0 Å². The number of sulfone groups is 1. The van der Waals surface area contributed by atoms with Gasteiger partial charge in [0.25, 0.3) is 0 Å². The number of benzene rings is 2. The fourth-order valence-corrected chi connectivity index (χ4v) is 3.57. The lowest BCUT2D eigenvalue weighted by molar-refractivity contribution is -0.118. The minimum atomic E-state index is -3.41. The predicted molar refractivity (Wildman–Crippen MR) is 122 cm³/mol. The van der Waals surface area contributed by atoms with Gasteiger partial charge >= 0.3 is 5.91 Å². The van der Waals surface area contributed by atoms with Gasteiger partial charge in [-0.25, -0.2) is 28.1 Å². The Morgan fingerprint density at radius 2 is 1.73 bits per heavy atom. The van der Waals surface area contributed by atoms with Gasteiger partial charge in [0.15, 0.2) is 27.2 Å². The second-order valence-corrected chi connectivity index (χ2v) is 10.2. The number of anilines is 1. The van der Waals surface area contributed by atoms with Gasteiger partial charge < -0.3 is 9.84 Å². The normalized spacial score (nSPS) is 12.8. The molecule has 33 heavy (non-hydrogen) atoms. The summed E-state index contributed by atoms with van der Waals surface area (Å²) < 4.78 is 56.2. The van der Waals surface area contributed by atoms with Crippen molar-refractivity contribution in [3.05, 3.63) is 65.4 Å². The van der Waals surface area contributed by atoms with E-state index < -0.39 is 33.0 Å².